The summed E-state index contributed by atoms with van der Waals surface area (Å²) in [7, 11) is -1.98. The third-order valence-corrected chi connectivity index (χ3v) is 1.64. The molecule has 0 atom stereocenters. The summed E-state index contributed by atoms with van der Waals surface area (Å²) in [5, 5.41) is 16.9. The Labute approximate surface area is 76.0 Å². The lowest BCUT2D eigenvalue weighted by Gasteiger charge is -2.06. The normalized spacial score (nSPS) is 9.85. The zero-order chi connectivity index (χ0) is 9.84. The monoisotopic (exact) mass is 184 g/mol. The highest BCUT2D eigenvalue weighted by Gasteiger charge is 2.14. The summed E-state index contributed by atoms with van der Waals surface area (Å²) >= 11 is 0. The fourth-order valence-electron chi connectivity index (χ4n) is 0.972. The molecule has 0 unspecified atom stereocenters. The van der Waals surface area contributed by atoms with Crippen LogP contribution in [0.25, 0.3) is 0 Å². The third-order valence-electron chi connectivity index (χ3n) is 1.64. The van der Waals surface area contributed by atoms with Gasteiger partial charge in [0.15, 0.2) is 5.82 Å². The van der Waals surface area contributed by atoms with Crippen LogP contribution in [0.3, 0.4) is 0 Å². The second kappa shape index (κ2) is 4.25. The van der Waals surface area contributed by atoms with Crippen molar-refractivity contribution in [2.75, 3.05) is 0 Å². The molecule has 0 saturated heterocycles. The molecule has 0 aliphatic heterocycles. The summed E-state index contributed by atoms with van der Waals surface area (Å²) < 4.78 is 17.3. The minimum atomic E-state index is -1.98. The minimum Gasteiger partial charge on any atom is -0.510 e. The van der Waals surface area contributed by atoms with E-state index in [-0.39, 0.29) is 5.75 Å². The van der Waals surface area contributed by atoms with Crippen molar-refractivity contribution in [3.63, 3.8) is 0 Å². The van der Waals surface area contributed by atoms with E-state index < -0.39 is 13.1 Å². The topological polar surface area (TPSA) is 49.7 Å². The number of benzene rings is 1. The van der Waals surface area contributed by atoms with Crippen LogP contribution < -0.4 is 4.65 Å². The van der Waals surface area contributed by atoms with Crippen LogP contribution in [0.4, 0.5) is 4.39 Å². The number of halogens is 1. The summed E-state index contributed by atoms with van der Waals surface area (Å²) in [5.74, 6) is -0.750. The molecular formula is C8H10BFO3. The van der Waals surface area contributed by atoms with Crippen LogP contribution in [0, 0.1) is 5.82 Å². The van der Waals surface area contributed by atoms with Crippen LogP contribution in [0.1, 0.15) is 12.5 Å². The van der Waals surface area contributed by atoms with Gasteiger partial charge in [-0.15, -0.1) is 0 Å². The first-order valence-electron chi connectivity index (χ1n) is 3.94. The molecule has 13 heavy (non-hydrogen) atoms. The van der Waals surface area contributed by atoms with E-state index in [1.807, 2.05) is 6.92 Å². The van der Waals surface area contributed by atoms with Gasteiger partial charge in [-0.3, -0.25) is 0 Å². The third kappa shape index (κ3) is 2.71. The molecule has 1 aromatic carbocycles. The minimum absolute atomic E-state index is 0.144. The van der Waals surface area contributed by atoms with Gasteiger partial charge in [-0.2, -0.15) is 0 Å². The molecule has 1 aromatic rings. The Kier molecular flexibility index (Phi) is 3.28. The molecule has 0 aliphatic rings. The van der Waals surface area contributed by atoms with Crippen molar-refractivity contribution < 1.29 is 19.1 Å². The van der Waals surface area contributed by atoms with E-state index in [0.29, 0.717) is 0 Å². The van der Waals surface area contributed by atoms with Crippen molar-refractivity contribution in [3.8, 4) is 5.75 Å². The number of hydrogen-bond donors (Lipinski definition) is 2. The van der Waals surface area contributed by atoms with Gasteiger partial charge in [0.25, 0.3) is 0 Å². The number of rotatable bonds is 3. The number of hydrogen-bond acceptors (Lipinski definition) is 3. The van der Waals surface area contributed by atoms with Crippen LogP contribution in [0.15, 0.2) is 18.2 Å². The molecule has 0 heterocycles. The Morgan fingerprint density at radius 3 is 2.69 bits per heavy atom. The van der Waals surface area contributed by atoms with Gasteiger partial charge in [0.2, 0.25) is 0 Å². The maximum absolute atomic E-state index is 12.9. The Hall–Kier alpha value is -1.07. The van der Waals surface area contributed by atoms with Crippen molar-refractivity contribution in [1.82, 2.24) is 0 Å². The average Bonchev–Trinajstić information content (AvgIpc) is 2.08. The molecule has 0 bridgehead atoms. The smallest absolute Gasteiger partial charge is 0.510 e. The zero-order valence-corrected chi connectivity index (χ0v) is 7.20. The van der Waals surface area contributed by atoms with E-state index in [1.165, 1.54) is 12.1 Å². The summed E-state index contributed by atoms with van der Waals surface area (Å²) in [5.41, 5.74) is 0.872. The van der Waals surface area contributed by atoms with E-state index in [2.05, 4.69) is 4.65 Å². The van der Waals surface area contributed by atoms with Gasteiger partial charge in [0.1, 0.15) is 5.75 Å². The molecule has 0 fully saturated rings. The fourth-order valence-corrected chi connectivity index (χ4v) is 0.972. The molecule has 0 amide bonds. The molecule has 1 rings (SSSR count). The van der Waals surface area contributed by atoms with E-state index in [0.717, 1.165) is 12.0 Å². The summed E-state index contributed by atoms with van der Waals surface area (Å²) in [6, 6.07) is 4.29. The van der Waals surface area contributed by atoms with Crippen LogP contribution in [-0.4, -0.2) is 17.4 Å². The second-order valence-corrected chi connectivity index (χ2v) is 2.56. The van der Waals surface area contributed by atoms with Gasteiger partial charge in [-0.05, 0) is 24.1 Å². The van der Waals surface area contributed by atoms with Crippen molar-refractivity contribution >= 4 is 7.32 Å². The maximum atomic E-state index is 12.9. The Bertz CT molecular complexity index is 291. The SMILES string of the molecule is CCc1ccc(F)c(OB(O)O)c1. The van der Waals surface area contributed by atoms with E-state index in [4.69, 9.17) is 10.0 Å². The highest BCUT2D eigenvalue weighted by Crippen LogP contribution is 2.19. The number of aryl methyl sites for hydroxylation is 1. The van der Waals surface area contributed by atoms with Crippen LogP contribution in [0.5, 0.6) is 5.75 Å². The van der Waals surface area contributed by atoms with Gasteiger partial charge in [-0.25, -0.2) is 4.39 Å². The average molecular weight is 184 g/mol. The van der Waals surface area contributed by atoms with Crippen LogP contribution in [0.2, 0.25) is 0 Å². The fraction of sp³-hybridized carbons (Fsp3) is 0.250. The van der Waals surface area contributed by atoms with E-state index in [1.54, 1.807) is 6.07 Å². The lowest BCUT2D eigenvalue weighted by atomic mass is 10.1. The van der Waals surface area contributed by atoms with Crippen molar-refractivity contribution in [1.29, 1.82) is 0 Å². The van der Waals surface area contributed by atoms with Gasteiger partial charge in [-0.1, -0.05) is 13.0 Å². The van der Waals surface area contributed by atoms with Gasteiger partial charge in [0.05, 0.1) is 0 Å². The highest BCUT2D eigenvalue weighted by molar-refractivity contribution is 6.33. The molecule has 0 aromatic heterocycles. The standard InChI is InChI=1S/C8H10BFO3/c1-2-6-3-4-7(10)8(5-6)13-9(11)12/h3-5,11-12H,2H2,1H3. The Morgan fingerprint density at radius 2 is 2.15 bits per heavy atom. The molecule has 70 valence electrons. The molecule has 0 saturated carbocycles. The summed E-state index contributed by atoms with van der Waals surface area (Å²) in [6.45, 7) is 1.91. The zero-order valence-electron chi connectivity index (χ0n) is 7.20. The molecule has 5 heteroatoms. The predicted molar refractivity (Wildman–Crippen MR) is 46.6 cm³/mol. The van der Waals surface area contributed by atoms with Gasteiger partial charge < -0.3 is 14.7 Å². The second-order valence-electron chi connectivity index (χ2n) is 2.56. The van der Waals surface area contributed by atoms with E-state index in [9.17, 15) is 4.39 Å². The molecule has 2 N–H and O–H groups in total. The highest BCUT2D eigenvalue weighted by atomic mass is 19.1. The first kappa shape index (κ1) is 10.0. The lowest BCUT2D eigenvalue weighted by Crippen LogP contribution is -2.21. The lowest BCUT2D eigenvalue weighted by molar-refractivity contribution is 0.281. The molecule has 0 radical (unpaired) electrons. The summed E-state index contributed by atoms with van der Waals surface area (Å²) in [4.78, 5) is 0. The van der Waals surface area contributed by atoms with Gasteiger partial charge in [0, 0.05) is 0 Å². The van der Waals surface area contributed by atoms with Gasteiger partial charge >= 0.3 is 7.32 Å². The van der Waals surface area contributed by atoms with Crippen LogP contribution in [-0.2, 0) is 6.42 Å². The Balaban J connectivity index is 2.90. The molecule has 0 spiro atoms. The van der Waals surface area contributed by atoms with Crippen molar-refractivity contribution in [2.45, 2.75) is 13.3 Å². The molecule has 0 aliphatic carbocycles. The largest absolute Gasteiger partial charge is 0.707 e. The first-order valence-corrected chi connectivity index (χ1v) is 3.94. The molecular weight excluding hydrogens is 174 g/mol. The predicted octanol–water partition coefficient (Wildman–Crippen LogP) is 0.736. The maximum Gasteiger partial charge on any atom is 0.707 e. The van der Waals surface area contributed by atoms with Crippen molar-refractivity contribution in [3.05, 3.63) is 29.6 Å². The Morgan fingerprint density at radius 1 is 1.46 bits per heavy atom. The summed E-state index contributed by atoms with van der Waals surface area (Å²) in [6.07, 6.45) is 0.734. The molecule has 3 nitrogen and oxygen atoms in total. The quantitative estimate of drug-likeness (QED) is 0.681. The van der Waals surface area contributed by atoms with Crippen molar-refractivity contribution in [2.24, 2.45) is 0 Å². The van der Waals surface area contributed by atoms with Crippen LogP contribution >= 0.6 is 0 Å². The van der Waals surface area contributed by atoms with E-state index >= 15 is 0 Å². The first-order chi connectivity index (χ1) is 6.13.